The highest BCUT2D eigenvalue weighted by atomic mass is 16.7. The molecule has 0 spiro atoms. The first-order valence-electron chi connectivity index (χ1n) is 12.2. The summed E-state index contributed by atoms with van der Waals surface area (Å²) < 4.78 is 28.3. The van der Waals surface area contributed by atoms with E-state index >= 15 is 0 Å². The van der Waals surface area contributed by atoms with Crippen molar-refractivity contribution in [2.24, 2.45) is 0 Å². The molecule has 0 radical (unpaired) electrons. The Kier molecular flexibility index (Phi) is 5.79. The van der Waals surface area contributed by atoms with Gasteiger partial charge < -0.3 is 28.3 Å². The highest BCUT2D eigenvalue weighted by Crippen LogP contribution is 2.42. The number of hydrogen-bond acceptors (Lipinski definition) is 7. The third-order valence-electron chi connectivity index (χ3n) is 6.77. The fourth-order valence-electron chi connectivity index (χ4n) is 5.00. The lowest BCUT2D eigenvalue weighted by atomic mass is 9.97. The van der Waals surface area contributed by atoms with Crippen LogP contribution in [0, 0.1) is 6.92 Å². The number of hydrogen-bond donors (Lipinski definition) is 0. The standard InChI is InChI=1S/C30H25NO7/c1-4-11-35-22-10-7-19(14-24(22)34-3)27-26-28(32)20-12-17(2)5-8-21(20)38-29(26)30(33)31(27)15-18-6-9-23-25(13-18)37-16-36-23/h4-10,12-14,27H,1,11,15-16H2,2-3H3/t27-/m1/s1. The van der Waals surface area contributed by atoms with E-state index in [4.69, 9.17) is 23.4 Å². The zero-order chi connectivity index (χ0) is 26.4. The fourth-order valence-corrected chi connectivity index (χ4v) is 5.00. The summed E-state index contributed by atoms with van der Waals surface area (Å²) in [6, 6.07) is 15.6. The van der Waals surface area contributed by atoms with E-state index in [1.54, 1.807) is 42.4 Å². The molecule has 3 aromatic carbocycles. The van der Waals surface area contributed by atoms with E-state index in [9.17, 15) is 9.59 Å². The quantitative estimate of drug-likeness (QED) is 0.317. The minimum atomic E-state index is -0.702. The molecule has 0 saturated carbocycles. The number of ether oxygens (including phenoxy) is 4. The first-order chi connectivity index (χ1) is 18.5. The Morgan fingerprint density at radius 2 is 1.87 bits per heavy atom. The fraction of sp³-hybridized carbons (Fsp3) is 0.200. The van der Waals surface area contributed by atoms with Crippen molar-refractivity contribution in [3.05, 3.63) is 105 Å². The molecule has 0 bridgehead atoms. The van der Waals surface area contributed by atoms with Gasteiger partial charge in [-0.05, 0) is 54.4 Å². The number of amides is 1. The van der Waals surface area contributed by atoms with E-state index in [1.165, 1.54) is 0 Å². The minimum Gasteiger partial charge on any atom is -0.493 e. The summed E-state index contributed by atoms with van der Waals surface area (Å²) in [6.45, 7) is 6.28. The van der Waals surface area contributed by atoms with Crippen LogP contribution in [0.15, 0.2) is 76.5 Å². The molecule has 1 amide bonds. The molecule has 6 rings (SSSR count). The van der Waals surface area contributed by atoms with Gasteiger partial charge in [0, 0.05) is 6.54 Å². The Morgan fingerprint density at radius 1 is 1.03 bits per heavy atom. The molecule has 4 aromatic rings. The molecular weight excluding hydrogens is 486 g/mol. The van der Waals surface area contributed by atoms with Gasteiger partial charge >= 0.3 is 0 Å². The van der Waals surface area contributed by atoms with E-state index < -0.39 is 6.04 Å². The predicted molar refractivity (Wildman–Crippen MR) is 140 cm³/mol. The van der Waals surface area contributed by atoms with Crippen LogP contribution >= 0.6 is 0 Å². The van der Waals surface area contributed by atoms with Crippen LogP contribution in [0.1, 0.15) is 38.9 Å². The number of benzene rings is 3. The molecule has 1 atom stereocenters. The Hall–Kier alpha value is -4.72. The van der Waals surface area contributed by atoms with Gasteiger partial charge in [-0.25, -0.2) is 0 Å². The van der Waals surface area contributed by atoms with Gasteiger partial charge in [0.05, 0.1) is 24.1 Å². The first kappa shape index (κ1) is 23.7. The second-order valence-electron chi connectivity index (χ2n) is 9.21. The lowest BCUT2D eigenvalue weighted by Gasteiger charge is -2.26. The van der Waals surface area contributed by atoms with Crippen LogP contribution in [0.3, 0.4) is 0 Å². The maximum Gasteiger partial charge on any atom is 0.291 e. The second kappa shape index (κ2) is 9.30. The van der Waals surface area contributed by atoms with Gasteiger partial charge in [0.2, 0.25) is 12.6 Å². The van der Waals surface area contributed by atoms with Crippen LogP contribution in [0.4, 0.5) is 0 Å². The molecular formula is C30H25NO7. The van der Waals surface area contributed by atoms with E-state index in [1.807, 2.05) is 37.3 Å². The molecule has 0 aliphatic carbocycles. The summed E-state index contributed by atoms with van der Waals surface area (Å²) in [5.41, 5.74) is 2.89. The van der Waals surface area contributed by atoms with Crippen LogP contribution in [0.5, 0.6) is 23.0 Å². The normalized spacial score (nSPS) is 15.6. The molecule has 0 fully saturated rings. The van der Waals surface area contributed by atoms with Crippen molar-refractivity contribution in [3.63, 3.8) is 0 Å². The van der Waals surface area contributed by atoms with Gasteiger partial charge in [0.25, 0.3) is 5.91 Å². The van der Waals surface area contributed by atoms with Crippen molar-refractivity contribution in [1.82, 2.24) is 4.90 Å². The van der Waals surface area contributed by atoms with Crippen LogP contribution in [0.25, 0.3) is 11.0 Å². The number of carbonyl (C=O) groups excluding carboxylic acids is 1. The molecule has 0 N–H and O–H groups in total. The van der Waals surface area contributed by atoms with Crippen molar-refractivity contribution in [1.29, 1.82) is 0 Å². The average Bonchev–Trinajstić information content (AvgIpc) is 3.50. The maximum atomic E-state index is 13.9. The third kappa shape index (κ3) is 3.85. The molecule has 192 valence electrons. The Morgan fingerprint density at radius 3 is 2.68 bits per heavy atom. The third-order valence-corrected chi connectivity index (χ3v) is 6.77. The van der Waals surface area contributed by atoms with E-state index in [0.29, 0.717) is 51.7 Å². The lowest BCUT2D eigenvalue weighted by molar-refractivity contribution is 0.0714. The van der Waals surface area contributed by atoms with Crippen LogP contribution in [-0.2, 0) is 6.54 Å². The largest absolute Gasteiger partial charge is 0.493 e. The topological polar surface area (TPSA) is 87.4 Å². The second-order valence-corrected chi connectivity index (χ2v) is 9.21. The number of methoxy groups -OCH3 is 1. The van der Waals surface area contributed by atoms with Crippen molar-refractivity contribution in [3.8, 4) is 23.0 Å². The molecule has 8 heteroatoms. The summed E-state index contributed by atoms with van der Waals surface area (Å²) >= 11 is 0. The summed E-state index contributed by atoms with van der Waals surface area (Å²) in [5.74, 6) is 1.96. The SMILES string of the molecule is C=CCOc1ccc([C@@H]2c3c(oc4ccc(C)cc4c3=O)C(=O)N2Cc2ccc3c(c2)OCO3)cc1OC. The summed E-state index contributed by atoms with van der Waals surface area (Å²) in [6.07, 6.45) is 1.64. The van der Waals surface area contributed by atoms with Crippen LogP contribution in [-0.4, -0.2) is 31.3 Å². The van der Waals surface area contributed by atoms with Crippen LogP contribution < -0.4 is 24.4 Å². The smallest absolute Gasteiger partial charge is 0.291 e. The summed E-state index contributed by atoms with van der Waals surface area (Å²) in [4.78, 5) is 29.3. The Bertz CT molecular complexity index is 1650. The molecule has 8 nitrogen and oxygen atoms in total. The van der Waals surface area contributed by atoms with Crippen molar-refractivity contribution in [2.45, 2.75) is 19.5 Å². The molecule has 38 heavy (non-hydrogen) atoms. The monoisotopic (exact) mass is 511 g/mol. The first-order valence-corrected chi connectivity index (χ1v) is 12.2. The average molecular weight is 512 g/mol. The van der Waals surface area contributed by atoms with Gasteiger partial charge in [-0.1, -0.05) is 36.4 Å². The zero-order valence-corrected chi connectivity index (χ0v) is 21.0. The molecule has 0 unspecified atom stereocenters. The molecule has 2 aliphatic rings. The Balaban J connectivity index is 1.51. The van der Waals surface area contributed by atoms with Gasteiger partial charge in [-0.3, -0.25) is 9.59 Å². The van der Waals surface area contributed by atoms with Crippen LogP contribution in [0.2, 0.25) is 0 Å². The van der Waals surface area contributed by atoms with Gasteiger partial charge in [-0.15, -0.1) is 0 Å². The predicted octanol–water partition coefficient (Wildman–Crippen LogP) is 5.15. The summed E-state index contributed by atoms with van der Waals surface area (Å²) in [7, 11) is 1.54. The summed E-state index contributed by atoms with van der Waals surface area (Å²) in [5, 5.41) is 0.435. The number of aryl methyl sites for hydroxylation is 1. The van der Waals surface area contributed by atoms with Gasteiger partial charge in [-0.2, -0.15) is 0 Å². The van der Waals surface area contributed by atoms with Gasteiger partial charge in [0.15, 0.2) is 28.4 Å². The highest BCUT2D eigenvalue weighted by molar-refractivity contribution is 5.99. The minimum absolute atomic E-state index is 0.0445. The maximum absolute atomic E-state index is 13.9. The zero-order valence-electron chi connectivity index (χ0n) is 21.0. The van der Waals surface area contributed by atoms with E-state index in [2.05, 4.69) is 6.58 Å². The number of rotatable bonds is 7. The molecule has 2 aliphatic heterocycles. The number of carbonyl (C=O) groups is 1. The van der Waals surface area contributed by atoms with Crippen molar-refractivity contribution in [2.75, 3.05) is 20.5 Å². The molecule has 3 heterocycles. The van der Waals surface area contributed by atoms with E-state index in [0.717, 1.165) is 11.1 Å². The van der Waals surface area contributed by atoms with Crippen molar-refractivity contribution >= 4 is 16.9 Å². The lowest BCUT2D eigenvalue weighted by Crippen LogP contribution is -2.29. The van der Waals surface area contributed by atoms with E-state index in [-0.39, 0.29) is 30.4 Å². The van der Waals surface area contributed by atoms with Gasteiger partial charge in [0.1, 0.15) is 12.2 Å². The number of nitrogens with zero attached hydrogens (tertiary/aromatic N) is 1. The highest BCUT2D eigenvalue weighted by Gasteiger charge is 2.43. The Labute approximate surface area is 218 Å². The molecule has 1 aromatic heterocycles. The van der Waals surface area contributed by atoms with Crippen molar-refractivity contribution < 1.29 is 28.2 Å². The number of fused-ring (bicyclic) bond motifs is 3. The molecule has 0 saturated heterocycles.